The number of rotatable bonds is 18. The summed E-state index contributed by atoms with van der Waals surface area (Å²) in [6, 6.07) is 21.9. The fraction of sp³-hybridized carbons (Fsp3) is 0.421. The number of para-hydroxylation sites is 2. The molecule has 8 rings (SSSR count). The van der Waals surface area contributed by atoms with Crippen LogP contribution in [0.2, 0.25) is 10.0 Å². The Bertz CT molecular complexity index is 3010. The fourth-order valence-electron chi connectivity index (χ4n) is 9.12. The molecule has 6 aromatic rings. The molecule has 4 aromatic carbocycles. The third kappa shape index (κ3) is 18.1. The van der Waals surface area contributed by atoms with Gasteiger partial charge in [0.1, 0.15) is 21.5 Å². The third-order valence-corrected chi connectivity index (χ3v) is 18.1. The molecule has 0 amide bonds. The zero-order valence-corrected chi connectivity index (χ0v) is 56.0. The first-order chi connectivity index (χ1) is 37.1. The van der Waals surface area contributed by atoms with E-state index in [-0.39, 0.29) is 74.6 Å². The Balaban J connectivity index is 0.000000326. The number of hydrogen-bond acceptors (Lipinski definition) is 16. The van der Waals surface area contributed by atoms with Crippen molar-refractivity contribution in [3.05, 3.63) is 122 Å². The summed E-state index contributed by atoms with van der Waals surface area (Å²) in [5.41, 5.74) is 7.27. The Kier molecular flexibility index (Phi) is 27.3. The van der Waals surface area contributed by atoms with E-state index >= 15 is 0 Å². The molecule has 80 heavy (non-hydrogen) atoms. The molecular formula is C57H75Cl2I2N10O6S2V-. The van der Waals surface area contributed by atoms with Gasteiger partial charge < -0.3 is 64.0 Å². The van der Waals surface area contributed by atoms with Crippen molar-refractivity contribution in [2.24, 2.45) is 0 Å². The molecule has 2 aliphatic heterocycles. The number of nitrogens with one attached hydrogen (secondary N) is 6. The summed E-state index contributed by atoms with van der Waals surface area (Å²) >= 11 is 14.7. The summed E-state index contributed by atoms with van der Waals surface area (Å²) in [4.78, 5) is 21.5. The Morgan fingerprint density at radius 2 is 0.900 bits per heavy atom. The number of benzene rings is 4. The number of ether oxygens (including phenoxy) is 2. The summed E-state index contributed by atoms with van der Waals surface area (Å²) in [7, 11) is -7.04. The number of piperidine rings is 2. The topological polar surface area (TPSA) is 210 Å². The number of halogens is 4. The van der Waals surface area contributed by atoms with Gasteiger partial charge in [0.2, 0.25) is 11.9 Å². The van der Waals surface area contributed by atoms with Crippen LogP contribution >= 0.6 is 69.8 Å². The number of sulfone groups is 2. The Morgan fingerprint density at radius 3 is 1.23 bits per heavy atom. The third-order valence-electron chi connectivity index (χ3n) is 13.1. The van der Waals surface area contributed by atoms with Crippen LogP contribution in [0.1, 0.15) is 115 Å². The molecule has 1 radical (unpaired) electrons. The molecule has 23 heteroatoms. The van der Waals surface area contributed by atoms with Crippen LogP contribution in [0.15, 0.2) is 95.0 Å². The molecule has 4 heterocycles. The van der Waals surface area contributed by atoms with E-state index in [4.69, 9.17) is 32.7 Å². The summed E-state index contributed by atoms with van der Waals surface area (Å²) in [6.07, 6.45) is 7.33. The van der Waals surface area contributed by atoms with E-state index in [2.05, 4.69) is 94.9 Å². The maximum absolute atomic E-state index is 12.9. The average Bonchev–Trinajstić information content (AvgIpc) is 3.49. The van der Waals surface area contributed by atoms with Gasteiger partial charge in [0.15, 0.2) is 31.3 Å². The first-order valence-corrected chi connectivity index (χ1v) is 31.6. The van der Waals surface area contributed by atoms with Crippen LogP contribution in [-0.4, -0.2) is 85.7 Å². The molecule has 2 aromatic heterocycles. The largest absolute Gasteiger partial charge is 0.489 e. The van der Waals surface area contributed by atoms with Gasteiger partial charge in [-0.3, -0.25) is 4.93 Å². The number of aromatic nitrogens is 4. The van der Waals surface area contributed by atoms with E-state index in [0.717, 1.165) is 74.7 Å². The standard InChI is InChI=1S/2C28H36ClN5O3S.CH2I.HI.V/c2*1-17(2)37-25-15-21(20-10-12-30-13-11-20)19(5)14-24(25)33-28-31-16-22(29)27(34-28)32-23-8-6-7-9-26(23)38(35,36)18(3)4;1-2;;/h2*6-9,14-18,20,30H,10-13H2,1-5H3,(H2,31,32,33,34);1H2;1H;/q;;-1;;. The van der Waals surface area contributed by atoms with Gasteiger partial charge in [0, 0.05) is 18.6 Å². The normalized spacial score (nSPS) is 14.0. The molecule has 0 bridgehead atoms. The van der Waals surface area contributed by atoms with Crippen molar-refractivity contribution in [1.82, 2.24) is 30.6 Å². The van der Waals surface area contributed by atoms with Crippen LogP contribution in [-0.2, 0) is 38.2 Å². The molecule has 0 atom stereocenters. The van der Waals surface area contributed by atoms with E-state index in [1.54, 1.807) is 76.2 Å². The Morgan fingerprint density at radius 1 is 0.562 bits per heavy atom. The van der Waals surface area contributed by atoms with Crippen molar-refractivity contribution < 1.29 is 44.9 Å². The minimum atomic E-state index is -3.52. The summed E-state index contributed by atoms with van der Waals surface area (Å²) < 4.78 is 64.0. The second-order valence-electron chi connectivity index (χ2n) is 20.3. The van der Waals surface area contributed by atoms with E-state index in [0.29, 0.717) is 46.7 Å². The van der Waals surface area contributed by atoms with Crippen LogP contribution in [0.5, 0.6) is 11.5 Å². The molecule has 0 aliphatic carbocycles. The maximum atomic E-state index is 12.9. The van der Waals surface area contributed by atoms with Crippen molar-refractivity contribution in [3.63, 3.8) is 0 Å². The zero-order chi connectivity index (χ0) is 56.9. The second kappa shape index (κ2) is 31.8. The van der Waals surface area contributed by atoms with Crippen molar-refractivity contribution in [2.75, 3.05) is 47.4 Å². The maximum Gasteiger partial charge on any atom is 0.229 e. The smallest absolute Gasteiger partial charge is 0.229 e. The quantitative estimate of drug-likeness (QED) is 0.0349. The van der Waals surface area contributed by atoms with Gasteiger partial charge in [-0.2, -0.15) is 9.97 Å². The number of nitrogens with zero attached hydrogens (tertiary/aromatic N) is 4. The Labute approximate surface area is 527 Å². The van der Waals surface area contributed by atoms with Crippen molar-refractivity contribution in [3.8, 4) is 11.5 Å². The zero-order valence-electron chi connectivity index (χ0n) is 47.0. The van der Waals surface area contributed by atoms with Crippen LogP contribution < -0.4 is 41.4 Å². The summed E-state index contributed by atoms with van der Waals surface area (Å²) in [6.45, 7) is 22.9. The van der Waals surface area contributed by atoms with Gasteiger partial charge >= 0.3 is 0 Å². The van der Waals surface area contributed by atoms with Crippen LogP contribution in [0.3, 0.4) is 0 Å². The second-order valence-corrected chi connectivity index (χ2v) is 26.0. The van der Waals surface area contributed by atoms with E-state index < -0.39 is 30.2 Å². The molecule has 0 spiro atoms. The van der Waals surface area contributed by atoms with Crippen LogP contribution in [0.4, 0.5) is 46.3 Å². The first-order valence-electron chi connectivity index (χ1n) is 26.2. The molecule has 0 saturated carbocycles. The van der Waals surface area contributed by atoms with Crippen molar-refractivity contribution in [2.45, 2.75) is 139 Å². The minimum Gasteiger partial charge on any atom is -0.489 e. The predicted octanol–water partition coefficient (Wildman–Crippen LogP) is 14.6. The van der Waals surface area contributed by atoms with Crippen molar-refractivity contribution in [1.29, 1.82) is 0 Å². The number of anilines is 8. The fourth-order valence-corrected chi connectivity index (χ4v) is 11.8. The van der Waals surface area contributed by atoms with E-state index in [1.165, 1.54) is 34.6 Å². The summed E-state index contributed by atoms with van der Waals surface area (Å²) in [5.74, 6) is 3.66. The van der Waals surface area contributed by atoms with Gasteiger partial charge in [-0.1, -0.05) is 47.5 Å². The van der Waals surface area contributed by atoms with Crippen LogP contribution in [0.25, 0.3) is 0 Å². The molecule has 16 nitrogen and oxygen atoms in total. The van der Waals surface area contributed by atoms with Gasteiger partial charge in [-0.25, -0.2) is 26.8 Å². The summed E-state index contributed by atoms with van der Waals surface area (Å²) in [5, 5.41) is 19.0. The molecule has 435 valence electrons. The van der Waals surface area contributed by atoms with Crippen molar-refractivity contribution >= 4 is 136 Å². The predicted molar refractivity (Wildman–Crippen MR) is 343 cm³/mol. The number of hydrogen-bond donors (Lipinski definition) is 6. The minimum absolute atomic E-state index is 0. The molecule has 0 unspecified atom stereocenters. The first kappa shape index (κ1) is 68.8. The van der Waals surface area contributed by atoms with Gasteiger partial charge in [-0.05, 0) is 204 Å². The van der Waals surface area contributed by atoms with Crippen LogP contribution in [0, 0.1) is 18.8 Å². The van der Waals surface area contributed by atoms with E-state index in [9.17, 15) is 16.8 Å². The molecule has 6 N–H and O–H groups in total. The molecular weight excluding hydrogens is 1360 g/mol. The molecule has 2 fully saturated rings. The van der Waals surface area contributed by atoms with E-state index in [1.807, 2.05) is 50.3 Å². The number of aryl methyl sites for hydroxylation is 2. The van der Waals surface area contributed by atoms with Gasteiger partial charge in [-0.15, -0.1) is 24.0 Å². The van der Waals surface area contributed by atoms with Gasteiger partial charge in [0.25, 0.3) is 0 Å². The SMILES string of the molecule is Cc1cc(Nc2ncc(Cl)c(Nc3ccccc3S(=O)(=O)C(C)C)n2)c(OC(C)C)cc1C1CCNCC1.Cc1cc(Nc2ncc(Cl)c(Nc3ccccc3S(=O)(=O)C(C)C)n2)c(OC(C)C)cc1C1CCNCC1.I.[CH2-]I.[V]. The Hall–Kier alpha value is -3.72. The average molecular weight is 1440 g/mol. The molecule has 2 aliphatic rings. The monoisotopic (exact) mass is 1430 g/mol. The molecule has 2 saturated heterocycles. The van der Waals surface area contributed by atoms with Gasteiger partial charge in [0.05, 0.1) is 67.6 Å².